The summed E-state index contributed by atoms with van der Waals surface area (Å²) in [4.78, 5) is 36.7. The standard InChI is InChI=1S/C17H23F3N4O4/c1-4-11(2)21-16(27)23-15(26)10-24(3)9-14(25)22-12-5-7-13(8-6-12)28-17(18,19)20/h5-8,11H,4,9-10H2,1-3H3,(H,22,25)(H2,21,23,26,27)/t11-/m1/s1. The molecule has 0 bridgehead atoms. The predicted octanol–water partition coefficient (Wildman–Crippen LogP) is 2.08. The van der Waals surface area contributed by atoms with Crippen LogP contribution in [0.1, 0.15) is 20.3 Å². The summed E-state index contributed by atoms with van der Waals surface area (Å²) in [5, 5.41) is 7.21. The fraction of sp³-hybridized carbons (Fsp3) is 0.471. The van der Waals surface area contributed by atoms with Crippen molar-refractivity contribution in [1.82, 2.24) is 15.5 Å². The number of rotatable bonds is 8. The predicted molar refractivity (Wildman–Crippen MR) is 95.7 cm³/mol. The lowest BCUT2D eigenvalue weighted by atomic mass is 10.3. The van der Waals surface area contributed by atoms with Crippen molar-refractivity contribution in [1.29, 1.82) is 0 Å². The molecule has 0 spiro atoms. The summed E-state index contributed by atoms with van der Waals surface area (Å²) in [5.74, 6) is -1.47. The molecular weight excluding hydrogens is 381 g/mol. The lowest BCUT2D eigenvalue weighted by Gasteiger charge is -2.17. The third-order valence-electron chi connectivity index (χ3n) is 3.44. The monoisotopic (exact) mass is 404 g/mol. The van der Waals surface area contributed by atoms with E-state index in [1.165, 1.54) is 24.1 Å². The molecule has 0 saturated carbocycles. The van der Waals surface area contributed by atoms with Crippen LogP contribution in [-0.2, 0) is 9.59 Å². The largest absolute Gasteiger partial charge is 0.573 e. The molecule has 1 aromatic carbocycles. The first kappa shape index (κ1) is 23.2. The Balaban J connectivity index is 2.41. The van der Waals surface area contributed by atoms with Gasteiger partial charge in [0, 0.05) is 11.7 Å². The first-order chi connectivity index (χ1) is 13.0. The fourth-order valence-corrected chi connectivity index (χ4v) is 2.01. The summed E-state index contributed by atoms with van der Waals surface area (Å²) in [5.41, 5.74) is 0.269. The smallest absolute Gasteiger partial charge is 0.406 e. The highest BCUT2D eigenvalue weighted by Gasteiger charge is 2.30. The third kappa shape index (κ3) is 9.76. The number of nitrogens with zero attached hydrogens (tertiary/aromatic N) is 1. The second-order valence-corrected chi connectivity index (χ2v) is 6.12. The zero-order valence-electron chi connectivity index (χ0n) is 15.7. The summed E-state index contributed by atoms with van der Waals surface area (Å²) in [7, 11) is 1.51. The molecule has 0 heterocycles. The maximum atomic E-state index is 12.1. The van der Waals surface area contributed by atoms with E-state index in [1.807, 2.05) is 6.92 Å². The number of hydrogen-bond donors (Lipinski definition) is 3. The molecular formula is C17H23F3N4O4. The summed E-state index contributed by atoms with van der Waals surface area (Å²) >= 11 is 0. The van der Waals surface area contributed by atoms with Gasteiger partial charge in [0.2, 0.25) is 11.8 Å². The van der Waals surface area contributed by atoms with Gasteiger partial charge in [-0.15, -0.1) is 13.2 Å². The van der Waals surface area contributed by atoms with Gasteiger partial charge in [-0.05, 0) is 44.7 Å². The van der Waals surface area contributed by atoms with Gasteiger partial charge in [-0.2, -0.15) is 0 Å². The first-order valence-corrected chi connectivity index (χ1v) is 8.43. The second-order valence-electron chi connectivity index (χ2n) is 6.12. The number of halogens is 3. The van der Waals surface area contributed by atoms with Crippen LogP contribution in [0.25, 0.3) is 0 Å². The van der Waals surface area contributed by atoms with Gasteiger partial charge < -0.3 is 15.4 Å². The number of carbonyl (C=O) groups excluding carboxylic acids is 3. The number of ether oxygens (including phenoxy) is 1. The number of likely N-dealkylation sites (N-methyl/N-ethyl adjacent to an activating group) is 1. The fourth-order valence-electron chi connectivity index (χ4n) is 2.01. The number of alkyl halides is 3. The highest BCUT2D eigenvalue weighted by atomic mass is 19.4. The van der Waals surface area contributed by atoms with E-state index in [-0.39, 0.29) is 24.8 Å². The van der Waals surface area contributed by atoms with Crippen molar-refractivity contribution in [2.75, 3.05) is 25.5 Å². The molecule has 0 unspecified atom stereocenters. The maximum absolute atomic E-state index is 12.1. The van der Waals surface area contributed by atoms with Crippen LogP contribution in [0.4, 0.5) is 23.7 Å². The second kappa shape index (κ2) is 10.5. The van der Waals surface area contributed by atoms with E-state index in [9.17, 15) is 27.6 Å². The molecule has 0 aromatic heterocycles. The number of carbonyl (C=O) groups is 3. The number of imide groups is 1. The molecule has 28 heavy (non-hydrogen) atoms. The average molecular weight is 404 g/mol. The topological polar surface area (TPSA) is 99.8 Å². The van der Waals surface area contributed by atoms with Gasteiger partial charge in [0.05, 0.1) is 13.1 Å². The van der Waals surface area contributed by atoms with Gasteiger partial charge in [-0.3, -0.25) is 19.8 Å². The molecule has 1 rings (SSSR count). The normalized spacial score (nSPS) is 12.2. The highest BCUT2D eigenvalue weighted by Crippen LogP contribution is 2.23. The molecule has 156 valence electrons. The van der Waals surface area contributed by atoms with Crippen LogP contribution in [-0.4, -0.2) is 55.3 Å². The Morgan fingerprint density at radius 3 is 2.21 bits per heavy atom. The van der Waals surface area contributed by atoms with Crippen molar-refractivity contribution >= 4 is 23.5 Å². The lowest BCUT2D eigenvalue weighted by molar-refractivity contribution is -0.274. The van der Waals surface area contributed by atoms with Gasteiger partial charge in [0.25, 0.3) is 0 Å². The van der Waals surface area contributed by atoms with E-state index >= 15 is 0 Å². The zero-order chi connectivity index (χ0) is 21.3. The highest BCUT2D eigenvalue weighted by molar-refractivity contribution is 5.96. The lowest BCUT2D eigenvalue weighted by Crippen LogP contribution is -2.47. The van der Waals surface area contributed by atoms with E-state index in [0.29, 0.717) is 6.42 Å². The van der Waals surface area contributed by atoms with Crippen molar-refractivity contribution in [2.24, 2.45) is 0 Å². The van der Waals surface area contributed by atoms with Crippen molar-refractivity contribution in [2.45, 2.75) is 32.7 Å². The molecule has 0 aliphatic heterocycles. The van der Waals surface area contributed by atoms with Gasteiger partial charge in [0.15, 0.2) is 0 Å². The Kier molecular flexibility index (Phi) is 8.71. The van der Waals surface area contributed by atoms with E-state index < -0.39 is 30.0 Å². The molecule has 0 aliphatic carbocycles. The molecule has 11 heteroatoms. The van der Waals surface area contributed by atoms with Crippen molar-refractivity contribution in [3.05, 3.63) is 24.3 Å². The van der Waals surface area contributed by atoms with Crippen LogP contribution in [0, 0.1) is 0 Å². The minimum absolute atomic E-state index is 0.0794. The van der Waals surface area contributed by atoms with Crippen LogP contribution in [0.3, 0.4) is 0 Å². The van der Waals surface area contributed by atoms with Crippen LogP contribution in [0.2, 0.25) is 0 Å². The average Bonchev–Trinajstić information content (AvgIpc) is 2.54. The molecule has 0 saturated heterocycles. The number of amides is 4. The Hall–Kier alpha value is -2.82. The van der Waals surface area contributed by atoms with Gasteiger partial charge in [0.1, 0.15) is 5.75 Å². The molecule has 1 aromatic rings. The van der Waals surface area contributed by atoms with Gasteiger partial charge in [-0.25, -0.2) is 4.79 Å². The molecule has 3 N–H and O–H groups in total. The number of nitrogens with one attached hydrogen (secondary N) is 3. The van der Waals surface area contributed by atoms with Gasteiger partial charge in [-0.1, -0.05) is 6.92 Å². The molecule has 0 radical (unpaired) electrons. The summed E-state index contributed by atoms with van der Waals surface area (Å²) < 4.78 is 40.0. The van der Waals surface area contributed by atoms with Crippen molar-refractivity contribution in [3.8, 4) is 5.75 Å². The van der Waals surface area contributed by atoms with Gasteiger partial charge >= 0.3 is 12.4 Å². The minimum atomic E-state index is -4.79. The Morgan fingerprint density at radius 1 is 1.11 bits per heavy atom. The zero-order valence-corrected chi connectivity index (χ0v) is 15.7. The molecule has 1 atom stereocenters. The summed E-state index contributed by atoms with van der Waals surface area (Å²) in [6, 6.07) is 3.95. The molecule has 0 fully saturated rings. The first-order valence-electron chi connectivity index (χ1n) is 8.43. The van der Waals surface area contributed by atoms with Crippen LogP contribution in [0.5, 0.6) is 5.75 Å². The van der Waals surface area contributed by atoms with Crippen molar-refractivity contribution < 1.29 is 32.3 Å². The summed E-state index contributed by atoms with van der Waals surface area (Å²) in [6.07, 6.45) is -4.08. The Bertz CT molecular complexity index is 680. The van der Waals surface area contributed by atoms with Crippen LogP contribution in [0.15, 0.2) is 24.3 Å². The summed E-state index contributed by atoms with van der Waals surface area (Å²) in [6.45, 7) is 3.32. The van der Waals surface area contributed by atoms with Crippen LogP contribution >= 0.6 is 0 Å². The number of benzene rings is 1. The minimum Gasteiger partial charge on any atom is -0.406 e. The quantitative estimate of drug-likeness (QED) is 0.616. The third-order valence-corrected chi connectivity index (χ3v) is 3.44. The van der Waals surface area contributed by atoms with Crippen LogP contribution < -0.4 is 20.7 Å². The Labute approximate surface area is 160 Å². The molecule has 4 amide bonds. The Morgan fingerprint density at radius 2 is 1.68 bits per heavy atom. The van der Waals surface area contributed by atoms with E-state index in [0.717, 1.165) is 12.1 Å². The van der Waals surface area contributed by atoms with E-state index in [4.69, 9.17) is 0 Å². The van der Waals surface area contributed by atoms with Crippen molar-refractivity contribution in [3.63, 3.8) is 0 Å². The SMILES string of the molecule is CC[C@@H](C)NC(=O)NC(=O)CN(C)CC(=O)Nc1ccc(OC(F)(F)F)cc1. The molecule has 0 aliphatic rings. The number of hydrogen-bond acceptors (Lipinski definition) is 5. The molecule has 8 nitrogen and oxygen atoms in total. The van der Waals surface area contributed by atoms with E-state index in [2.05, 4.69) is 20.7 Å². The van der Waals surface area contributed by atoms with E-state index in [1.54, 1.807) is 6.92 Å². The number of urea groups is 1. The number of anilines is 1. The maximum Gasteiger partial charge on any atom is 0.573 e.